The Labute approximate surface area is 152 Å². The molecule has 10 nitrogen and oxygen atoms in total. The van der Waals surface area contributed by atoms with Crippen molar-refractivity contribution in [3.63, 3.8) is 0 Å². The molecular weight excluding hydrogens is 368 g/mol. The minimum absolute atomic E-state index is 0.0451. The van der Waals surface area contributed by atoms with Gasteiger partial charge in [0.15, 0.2) is 6.10 Å². The first-order chi connectivity index (χ1) is 12.2. The summed E-state index contributed by atoms with van der Waals surface area (Å²) in [5.41, 5.74) is 3.51. The van der Waals surface area contributed by atoms with Crippen molar-refractivity contribution < 1.29 is 38.1 Å². The van der Waals surface area contributed by atoms with E-state index >= 15 is 0 Å². The number of esters is 3. The third kappa shape index (κ3) is 3.99. The van der Waals surface area contributed by atoms with Crippen LogP contribution in [0, 0.1) is 0 Å². The van der Waals surface area contributed by atoms with Crippen molar-refractivity contribution >= 4 is 35.2 Å². The van der Waals surface area contributed by atoms with Crippen LogP contribution in [0.3, 0.4) is 0 Å². The number of rotatable bonds is 6. The molecule has 0 saturated carbocycles. The zero-order valence-electron chi connectivity index (χ0n) is 14.3. The minimum atomic E-state index is -1.68. The number of aromatic nitrogens is 1. The lowest BCUT2D eigenvalue weighted by Gasteiger charge is -2.34. The summed E-state index contributed by atoms with van der Waals surface area (Å²) >= 11 is 0.984. The van der Waals surface area contributed by atoms with Crippen molar-refractivity contribution in [2.24, 2.45) is 5.73 Å². The summed E-state index contributed by atoms with van der Waals surface area (Å²) in [7, 11) is 0. The SMILES string of the molecule is CC(=O)OC[C@H]1OC[C@H](OC(C)=O)[C@]1(OC(C)=O)c1nc(C(N)=O)cs1. The second kappa shape index (κ2) is 7.79. The lowest BCUT2D eigenvalue weighted by Crippen LogP contribution is -2.51. The molecule has 2 heterocycles. The average molecular weight is 386 g/mol. The largest absolute Gasteiger partial charge is 0.463 e. The van der Waals surface area contributed by atoms with Crippen LogP contribution < -0.4 is 5.73 Å². The zero-order valence-corrected chi connectivity index (χ0v) is 15.2. The molecule has 1 fully saturated rings. The fourth-order valence-electron chi connectivity index (χ4n) is 2.60. The van der Waals surface area contributed by atoms with Gasteiger partial charge in [-0.2, -0.15) is 0 Å². The number of thiazole rings is 1. The van der Waals surface area contributed by atoms with Crippen molar-refractivity contribution in [3.8, 4) is 0 Å². The Morgan fingerprint density at radius 1 is 1.27 bits per heavy atom. The Bertz CT molecular complexity index is 733. The number of amides is 1. The Balaban J connectivity index is 2.53. The summed E-state index contributed by atoms with van der Waals surface area (Å²) in [4.78, 5) is 50.0. The van der Waals surface area contributed by atoms with Crippen LogP contribution in [0.4, 0.5) is 0 Å². The Morgan fingerprint density at radius 3 is 2.46 bits per heavy atom. The van der Waals surface area contributed by atoms with Crippen LogP contribution in [0.5, 0.6) is 0 Å². The van der Waals surface area contributed by atoms with Gasteiger partial charge in [-0.3, -0.25) is 19.2 Å². The van der Waals surface area contributed by atoms with Crippen molar-refractivity contribution in [2.75, 3.05) is 13.2 Å². The van der Waals surface area contributed by atoms with E-state index in [1.807, 2.05) is 0 Å². The van der Waals surface area contributed by atoms with Gasteiger partial charge in [-0.25, -0.2) is 4.98 Å². The Hall–Kier alpha value is -2.53. The summed E-state index contributed by atoms with van der Waals surface area (Å²) in [6.45, 7) is 3.17. The molecule has 0 unspecified atom stereocenters. The highest BCUT2D eigenvalue weighted by molar-refractivity contribution is 7.10. The molecule has 26 heavy (non-hydrogen) atoms. The van der Waals surface area contributed by atoms with Crippen molar-refractivity contribution in [1.82, 2.24) is 4.98 Å². The molecule has 0 spiro atoms. The molecular formula is C15H18N2O8S. The van der Waals surface area contributed by atoms with Crippen LogP contribution >= 0.6 is 11.3 Å². The topological polar surface area (TPSA) is 144 Å². The fraction of sp³-hybridized carbons (Fsp3) is 0.533. The first-order valence-electron chi connectivity index (χ1n) is 7.54. The van der Waals surface area contributed by atoms with Crippen molar-refractivity contribution in [1.29, 1.82) is 0 Å². The quantitative estimate of drug-likeness (QED) is 0.523. The first kappa shape index (κ1) is 19.8. The molecule has 1 amide bonds. The highest BCUT2D eigenvalue weighted by atomic mass is 32.1. The summed E-state index contributed by atoms with van der Waals surface area (Å²) in [5.74, 6) is -2.67. The lowest BCUT2D eigenvalue weighted by molar-refractivity contribution is -0.189. The number of primary amides is 1. The molecule has 3 atom stereocenters. The molecule has 2 rings (SSSR count). The van der Waals surface area contributed by atoms with E-state index in [0.717, 1.165) is 18.3 Å². The van der Waals surface area contributed by atoms with Gasteiger partial charge in [0.2, 0.25) is 5.60 Å². The van der Waals surface area contributed by atoms with Gasteiger partial charge in [-0.05, 0) is 0 Å². The monoisotopic (exact) mass is 386 g/mol. The minimum Gasteiger partial charge on any atom is -0.463 e. The smallest absolute Gasteiger partial charge is 0.303 e. The van der Waals surface area contributed by atoms with Gasteiger partial charge in [0.25, 0.3) is 5.91 Å². The van der Waals surface area contributed by atoms with E-state index in [1.54, 1.807) is 0 Å². The molecule has 0 radical (unpaired) electrons. The predicted molar refractivity (Wildman–Crippen MR) is 86.0 cm³/mol. The molecule has 142 valence electrons. The summed E-state index contributed by atoms with van der Waals surface area (Å²) in [6, 6.07) is 0. The molecule has 1 aliphatic heterocycles. The third-order valence-corrected chi connectivity index (χ3v) is 4.53. The number of nitrogens with two attached hydrogens (primary N) is 1. The highest BCUT2D eigenvalue weighted by Crippen LogP contribution is 2.43. The summed E-state index contributed by atoms with van der Waals surface area (Å²) in [6.07, 6.45) is -2.04. The van der Waals surface area contributed by atoms with Gasteiger partial charge in [0.1, 0.15) is 23.4 Å². The van der Waals surface area contributed by atoms with Crippen molar-refractivity contribution in [3.05, 3.63) is 16.1 Å². The molecule has 1 aromatic rings. The maximum absolute atomic E-state index is 11.8. The molecule has 0 aromatic carbocycles. The van der Waals surface area contributed by atoms with Crippen LogP contribution in [0.2, 0.25) is 0 Å². The summed E-state index contributed by atoms with van der Waals surface area (Å²) in [5, 5.41) is 1.52. The standard InChI is InChI=1S/C15H18N2O8S/c1-7(18)22-4-11-15(25-9(3)20,12(5-23-11)24-8(2)19)14-17-10(6-26-14)13(16)21/h6,11-12H,4-5H2,1-3H3,(H2,16,21)/t11-,12+,15+/m1/s1. The van der Waals surface area contributed by atoms with Crippen LogP contribution in [-0.4, -0.2) is 54.2 Å². The van der Waals surface area contributed by atoms with Crippen LogP contribution in [0.15, 0.2) is 5.38 Å². The van der Waals surface area contributed by atoms with E-state index in [-0.39, 0.29) is 23.9 Å². The number of hydrogen-bond acceptors (Lipinski definition) is 10. The predicted octanol–water partition coefficient (Wildman–Crippen LogP) is -0.106. The van der Waals surface area contributed by atoms with E-state index in [9.17, 15) is 19.2 Å². The zero-order chi connectivity index (χ0) is 19.5. The van der Waals surface area contributed by atoms with Crippen LogP contribution in [0.1, 0.15) is 36.3 Å². The van der Waals surface area contributed by atoms with Crippen LogP contribution in [0.25, 0.3) is 0 Å². The first-order valence-corrected chi connectivity index (χ1v) is 8.42. The lowest BCUT2D eigenvalue weighted by atomic mass is 9.93. The summed E-state index contributed by atoms with van der Waals surface area (Å²) < 4.78 is 21.3. The van der Waals surface area contributed by atoms with Crippen LogP contribution in [-0.2, 0) is 38.9 Å². The van der Waals surface area contributed by atoms with E-state index in [1.165, 1.54) is 19.2 Å². The van der Waals surface area contributed by atoms with Gasteiger partial charge in [0.05, 0.1) is 6.61 Å². The molecule has 11 heteroatoms. The average Bonchev–Trinajstić information content (AvgIpc) is 3.11. The molecule has 0 aliphatic carbocycles. The highest BCUT2D eigenvalue weighted by Gasteiger charge is 2.60. The number of ether oxygens (including phenoxy) is 4. The molecule has 1 aliphatic rings. The fourth-order valence-corrected chi connectivity index (χ4v) is 3.63. The normalized spacial score (nSPS) is 24.7. The maximum Gasteiger partial charge on any atom is 0.303 e. The maximum atomic E-state index is 11.8. The van der Waals surface area contributed by atoms with Gasteiger partial charge in [0, 0.05) is 26.2 Å². The third-order valence-electron chi connectivity index (χ3n) is 3.56. The second-order valence-corrected chi connectivity index (χ2v) is 6.37. The van der Waals surface area contributed by atoms with Gasteiger partial charge in [-0.15, -0.1) is 11.3 Å². The number of hydrogen-bond donors (Lipinski definition) is 1. The van der Waals surface area contributed by atoms with E-state index in [0.29, 0.717) is 0 Å². The van der Waals surface area contributed by atoms with Crippen molar-refractivity contribution in [2.45, 2.75) is 38.6 Å². The number of carbonyl (C=O) groups is 4. The Kier molecular flexibility index (Phi) is 5.93. The number of carbonyl (C=O) groups excluding carboxylic acids is 4. The van der Waals surface area contributed by atoms with Gasteiger partial charge >= 0.3 is 17.9 Å². The molecule has 0 bridgehead atoms. The second-order valence-electron chi connectivity index (χ2n) is 5.51. The number of nitrogens with zero attached hydrogens (tertiary/aromatic N) is 1. The van der Waals surface area contributed by atoms with Gasteiger partial charge < -0.3 is 24.7 Å². The molecule has 1 aromatic heterocycles. The molecule has 1 saturated heterocycles. The van der Waals surface area contributed by atoms with E-state index in [2.05, 4.69) is 4.98 Å². The van der Waals surface area contributed by atoms with Gasteiger partial charge in [-0.1, -0.05) is 0 Å². The Morgan fingerprint density at radius 2 is 1.96 bits per heavy atom. The molecule has 2 N–H and O–H groups in total. The van der Waals surface area contributed by atoms with E-state index < -0.39 is 41.6 Å². The van der Waals surface area contributed by atoms with E-state index in [4.69, 9.17) is 24.7 Å².